The van der Waals surface area contributed by atoms with Gasteiger partial charge in [0, 0.05) is 34.9 Å². The molecule has 1 aliphatic heterocycles. The number of hydrogen-bond acceptors (Lipinski definition) is 2. The molecule has 0 amide bonds. The van der Waals surface area contributed by atoms with Gasteiger partial charge in [-0.1, -0.05) is 54.9 Å². The van der Waals surface area contributed by atoms with E-state index in [4.69, 9.17) is 16.6 Å². The molecule has 1 unspecified atom stereocenters. The highest BCUT2D eigenvalue weighted by Gasteiger charge is 2.35. The van der Waals surface area contributed by atoms with Gasteiger partial charge in [0.25, 0.3) is 0 Å². The van der Waals surface area contributed by atoms with Crippen molar-refractivity contribution in [2.75, 3.05) is 11.4 Å². The summed E-state index contributed by atoms with van der Waals surface area (Å²) in [5.74, 6) is 0.495. The molecule has 1 aliphatic rings. The number of nitrogens with zero attached hydrogens (tertiary/aromatic N) is 2. The lowest BCUT2D eigenvalue weighted by molar-refractivity contribution is 0.381. The van der Waals surface area contributed by atoms with Gasteiger partial charge in [-0.2, -0.15) is 0 Å². The summed E-state index contributed by atoms with van der Waals surface area (Å²) in [7, 11) is 0. The van der Waals surface area contributed by atoms with Crippen molar-refractivity contribution in [3.63, 3.8) is 0 Å². The van der Waals surface area contributed by atoms with Crippen LogP contribution in [0.3, 0.4) is 0 Å². The highest BCUT2D eigenvalue weighted by molar-refractivity contribution is 6.33. The zero-order chi connectivity index (χ0) is 19.9. The number of anilines is 1. The lowest BCUT2D eigenvalue weighted by Crippen LogP contribution is -2.48. The van der Waals surface area contributed by atoms with E-state index in [2.05, 4.69) is 81.1 Å². The molecular weight excluding hydrogens is 364 g/mol. The Kier molecular flexibility index (Phi) is 4.93. The molecule has 0 fully saturated rings. The van der Waals surface area contributed by atoms with Crippen LogP contribution in [0.25, 0.3) is 10.8 Å². The lowest BCUT2D eigenvalue weighted by Gasteiger charge is -2.47. The fourth-order valence-corrected chi connectivity index (χ4v) is 4.89. The van der Waals surface area contributed by atoms with Gasteiger partial charge in [-0.3, -0.25) is 4.99 Å². The van der Waals surface area contributed by atoms with E-state index in [1.165, 1.54) is 16.6 Å². The molecule has 0 saturated heterocycles. The predicted octanol–water partition coefficient (Wildman–Crippen LogP) is 7.36. The summed E-state index contributed by atoms with van der Waals surface area (Å²) < 4.78 is 0. The first kappa shape index (κ1) is 19.0. The van der Waals surface area contributed by atoms with Crippen LogP contribution in [0, 0.1) is 0 Å². The second kappa shape index (κ2) is 7.25. The Labute approximate surface area is 172 Å². The molecular formula is C25H27ClN2. The van der Waals surface area contributed by atoms with Crippen molar-refractivity contribution in [3.05, 3.63) is 70.7 Å². The Bertz CT molecular complexity index is 1050. The van der Waals surface area contributed by atoms with E-state index < -0.39 is 0 Å². The van der Waals surface area contributed by atoms with Crippen molar-refractivity contribution in [1.29, 1.82) is 0 Å². The molecule has 0 radical (unpaired) electrons. The zero-order valence-electron chi connectivity index (χ0n) is 17.0. The molecule has 1 heterocycles. The number of rotatable bonds is 3. The molecule has 3 aromatic carbocycles. The molecule has 4 rings (SSSR count). The minimum atomic E-state index is 0.142. The highest BCUT2D eigenvalue weighted by Crippen LogP contribution is 2.44. The molecule has 0 aliphatic carbocycles. The largest absolute Gasteiger partial charge is 0.366 e. The third-order valence-electron chi connectivity index (χ3n) is 5.93. The quantitative estimate of drug-likeness (QED) is 0.426. The Morgan fingerprint density at radius 2 is 1.89 bits per heavy atom. The molecule has 2 nitrogen and oxygen atoms in total. The van der Waals surface area contributed by atoms with Crippen molar-refractivity contribution in [2.45, 2.75) is 45.6 Å². The van der Waals surface area contributed by atoms with Crippen LogP contribution < -0.4 is 4.90 Å². The van der Waals surface area contributed by atoms with E-state index in [1.807, 2.05) is 12.3 Å². The van der Waals surface area contributed by atoms with Gasteiger partial charge in [0.1, 0.15) is 0 Å². The van der Waals surface area contributed by atoms with Crippen LogP contribution in [0.5, 0.6) is 0 Å². The summed E-state index contributed by atoms with van der Waals surface area (Å²) in [5, 5.41) is 3.11. The second-order valence-electron chi connectivity index (χ2n) is 8.35. The van der Waals surface area contributed by atoms with E-state index >= 15 is 0 Å². The second-order valence-corrected chi connectivity index (χ2v) is 8.76. The summed E-state index contributed by atoms with van der Waals surface area (Å²) >= 11 is 6.69. The Morgan fingerprint density at radius 3 is 2.68 bits per heavy atom. The summed E-state index contributed by atoms with van der Waals surface area (Å²) in [6, 6.07) is 18.9. The molecule has 0 spiro atoms. The maximum atomic E-state index is 6.69. The van der Waals surface area contributed by atoms with Crippen LogP contribution in [-0.4, -0.2) is 18.3 Å². The average molecular weight is 391 g/mol. The summed E-state index contributed by atoms with van der Waals surface area (Å²) in [4.78, 5) is 7.26. The standard InChI is InChI=1S/C25H27ClN2/c1-5-28-24-14-22(26)19(13-21(24)17(2)15-25(28,3)4)16-27-23-12-8-10-18-9-6-7-11-20(18)23/h6-14,16-17H,5,15H2,1-4H3. The molecule has 1 atom stereocenters. The average Bonchev–Trinajstić information content (AvgIpc) is 2.66. The van der Waals surface area contributed by atoms with E-state index in [0.717, 1.165) is 34.6 Å². The minimum absolute atomic E-state index is 0.142. The van der Waals surface area contributed by atoms with Crippen molar-refractivity contribution >= 4 is 40.0 Å². The maximum absolute atomic E-state index is 6.69. The lowest BCUT2D eigenvalue weighted by atomic mass is 9.79. The molecule has 28 heavy (non-hydrogen) atoms. The molecule has 3 aromatic rings. The van der Waals surface area contributed by atoms with E-state index in [-0.39, 0.29) is 5.54 Å². The fraction of sp³-hybridized carbons (Fsp3) is 0.320. The van der Waals surface area contributed by atoms with Crippen LogP contribution >= 0.6 is 11.6 Å². The molecule has 0 N–H and O–H groups in total. The van der Waals surface area contributed by atoms with Crippen molar-refractivity contribution in [3.8, 4) is 0 Å². The Hall–Kier alpha value is -2.32. The van der Waals surface area contributed by atoms with Crippen LogP contribution in [0.4, 0.5) is 11.4 Å². The summed E-state index contributed by atoms with van der Waals surface area (Å²) in [6.45, 7) is 10.1. The number of fused-ring (bicyclic) bond motifs is 2. The molecule has 3 heteroatoms. The van der Waals surface area contributed by atoms with E-state index in [1.54, 1.807) is 0 Å². The molecule has 144 valence electrons. The minimum Gasteiger partial charge on any atom is -0.366 e. The predicted molar refractivity (Wildman–Crippen MR) is 123 cm³/mol. The maximum Gasteiger partial charge on any atom is 0.0708 e. The van der Waals surface area contributed by atoms with Crippen LogP contribution in [0.2, 0.25) is 5.02 Å². The Morgan fingerprint density at radius 1 is 1.14 bits per heavy atom. The number of aliphatic imine (C=N–C) groups is 1. The monoisotopic (exact) mass is 390 g/mol. The number of hydrogen-bond donors (Lipinski definition) is 0. The normalized spacial score (nSPS) is 18.6. The van der Waals surface area contributed by atoms with Gasteiger partial charge in [0.05, 0.1) is 10.7 Å². The van der Waals surface area contributed by atoms with Gasteiger partial charge >= 0.3 is 0 Å². The third-order valence-corrected chi connectivity index (χ3v) is 6.26. The topological polar surface area (TPSA) is 15.6 Å². The first-order valence-corrected chi connectivity index (χ1v) is 10.4. The Balaban J connectivity index is 1.76. The first-order valence-electron chi connectivity index (χ1n) is 10.0. The summed E-state index contributed by atoms with van der Waals surface area (Å²) in [5.41, 5.74) is 4.72. The SMILES string of the molecule is CCN1c2cc(Cl)c(C=Nc3cccc4ccccc34)cc2C(C)CC1(C)C. The highest BCUT2D eigenvalue weighted by atomic mass is 35.5. The van der Waals surface area contributed by atoms with Gasteiger partial charge in [0.15, 0.2) is 0 Å². The fourth-order valence-electron chi connectivity index (χ4n) is 4.68. The molecule has 0 saturated carbocycles. The van der Waals surface area contributed by atoms with Gasteiger partial charge in [-0.25, -0.2) is 0 Å². The third kappa shape index (κ3) is 3.31. The van der Waals surface area contributed by atoms with Gasteiger partial charge < -0.3 is 4.90 Å². The van der Waals surface area contributed by atoms with Crippen molar-refractivity contribution in [1.82, 2.24) is 0 Å². The number of halogens is 1. The smallest absolute Gasteiger partial charge is 0.0708 e. The van der Waals surface area contributed by atoms with Gasteiger partial charge in [0.2, 0.25) is 0 Å². The van der Waals surface area contributed by atoms with Crippen LogP contribution in [0.15, 0.2) is 59.6 Å². The van der Waals surface area contributed by atoms with Crippen molar-refractivity contribution in [2.24, 2.45) is 4.99 Å². The van der Waals surface area contributed by atoms with Crippen LogP contribution in [-0.2, 0) is 0 Å². The molecule has 0 aromatic heterocycles. The summed E-state index contributed by atoms with van der Waals surface area (Å²) in [6.07, 6.45) is 3.04. The van der Waals surface area contributed by atoms with Crippen molar-refractivity contribution < 1.29 is 0 Å². The van der Waals surface area contributed by atoms with Crippen LogP contribution in [0.1, 0.15) is 51.2 Å². The number of benzene rings is 3. The van der Waals surface area contributed by atoms with Gasteiger partial charge in [-0.15, -0.1) is 0 Å². The van der Waals surface area contributed by atoms with Gasteiger partial charge in [-0.05, 0) is 62.3 Å². The van der Waals surface area contributed by atoms with E-state index in [0.29, 0.717) is 5.92 Å². The van der Waals surface area contributed by atoms with E-state index in [9.17, 15) is 0 Å². The molecule has 0 bridgehead atoms. The first-order chi connectivity index (χ1) is 13.4. The zero-order valence-corrected chi connectivity index (χ0v) is 17.8.